The van der Waals surface area contributed by atoms with E-state index in [1.807, 2.05) is 26.1 Å². The summed E-state index contributed by atoms with van der Waals surface area (Å²) in [5.74, 6) is 0. The van der Waals surface area contributed by atoms with Crippen molar-refractivity contribution >= 4 is 0 Å². The van der Waals surface area contributed by atoms with E-state index in [4.69, 9.17) is 0 Å². The van der Waals surface area contributed by atoms with Gasteiger partial charge in [0.2, 0.25) is 0 Å². The maximum Gasteiger partial charge on any atom is 0.0196 e. The first-order valence-corrected chi connectivity index (χ1v) is 2.76. The minimum atomic E-state index is 0.879. The molecule has 0 saturated carbocycles. The third-order valence-corrected chi connectivity index (χ3v) is 0.806. The summed E-state index contributed by atoms with van der Waals surface area (Å²) in [6.07, 6.45) is 3.98. The van der Waals surface area contributed by atoms with Crippen LogP contribution in [0, 0.1) is 0 Å². The summed E-state index contributed by atoms with van der Waals surface area (Å²) in [4.78, 5) is 0. The zero-order valence-electron chi connectivity index (χ0n) is 5.57. The van der Waals surface area contributed by atoms with Gasteiger partial charge < -0.3 is 5.32 Å². The third kappa shape index (κ3) is 3.62. The fraction of sp³-hybridized carbons (Fsp3) is 0.429. The highest BCUT2D eigenvalue weighted by molar-refractivity contribution is 5.14. The Labute approximate surface area is 51.1 Å². The predicted molar refractivity (Wildman–Crippen MR) is 37.9 cm³/mol. The molecule has 0 radical (unpaired) electrons. The van der Waals surface area contributed by atoms with E-state index in [-0.39, 0.29) is 0 Å². The summed E-state index contributed by atoms with van der Waals surface area (Å²) in [5.41, 5.74) is 1.12. The Kier molecular flexibility index (Phi) is 4.27. The van der Waals surface area contributed by atoms with Crippen molar-refractivity contribution in [2.24, 2.45) is 0 Å². The van der Waals surface area contributed by atoms with Crippen LogP contribution in [0.25, 0.3) is 0 Å². The van der Waals surface area contributed by atoms with Crippen molar-refractivity contribution in [1.82, 2.24) is 5.32 Å². The smallest absolute Gasteiger partial charge is 0.0196 e. The second-order valence-corrected chi connectivity index (χ2v) is 1.69. The summed E-state index contributed by atoms with van der Waals surface area (Å²) in [6.45, 7) is 6.65. The maximum atomic E-state index is 3.78. The molecule has 1 nitrogen and oxygen atoms in total. The number of rotatable bonds is 3. The van der Waals surface area contributed by atoms with Gasteiger partial charge >= 0.3 is 0 Å². The molecule has 46 valence electrons. The predicted octanol–water partition coefficient (Wildman–Crippen LogP) is 1.34. The molecule has 0 saturated heterocycles. The van der Waals surface area contributed by atoms with Crippen molar-refractivity contribution in [1.29, 1.82) is 0 Å². The largest absolute Gasteiger partial charge is 0.316 e. The van der Waals surface area contributed by atoms with Crippen LogP contribution in [0.4, 0.5) is 0 Å². The molecule has 0 bridgehead atoms. The first kappa shape index (κ1) is 7.44. The van der Waals surface area contributed by atoms with Gasteiger partial charge in [0, 0.05) is 6.54 Å². The van der Waals surface area contributed by atoms with Crippen LogP contribution in [0.5, 0.6) is 0 Å². The summed E-state index contributed by atoms with van der Waals surface area (Å²) < 4.78 is 0. The molecule has 0 aromatic heterocycles. The van der Waals surface area contributed by atoms with E-state index in [0.717, 1.165) is 12.1 Å². The quantitative estimate of drug-likeness (QED) is 0.542. The number of allylic oxidation sites excluding steroid dienone is 1. The molecule has 0 unspecified atom stereocenters. The molecule has 0 aliphatic heterocycles. The Bertz CT molecular complexity index is 92.6. The van der Waals surface area contributed by atoms with E-state index < -0.39 is 0 Å². The topological polar surface area (TPSA) is 12.0 Å². The maximum absolute atomic E-state index is 3.78. The highest BCUT2D eigenvalue weighted by Gasteiger charge is 1.79. The summed E-state index contributed by atoms with van der Waals surface area (Å²) in [6, 6.07) is 0. The van der Waals surface area contributed by atoms with Crippen molar-refractivity contribution in [2.45, 2.75) is 6.92 Å². The van der Waals surface area contributed by atoms with Crippen LogP contribution in [0.15, 0.2) is 24.3 Å². The van der Waals surface area contributed by atoms with Crippen LogP contribution in [0.3, 0.4) is 0 Å². The molecule has 1 heteroatoms. The van der Waals surface area contributed by atoms with E-state index in [1.54, 1.807) is 0 Å². The molecular weight excluding hydrogens is 98.1 g/mol. The molecule has 0 aromatic carbocycles. The van der Waals surface area contributed by atoms with Gasteiger partial charge in [0.1, 0.15) is 0 Å². The van der Waals surface area contributed by atoms with Gasteiger partial charge in [-0.25, -0.2) is 0 Å². The molecule has 0 heterocycles. The standard InChI is InChI=1S/C7H13N/c1-4-5-7(2)6-8-3/h4-5,8H,2,6H2,1,3H3/b5-4+. The van der Waals surface area contributed by atoms with Crippen LogP contribution in [-0.4, -0.2) is 13.6 Å². The number of hydrogen-bond donors (Lipinski definition) is 1. The van der Waals surface area contributed by atoms with Gasteiger partial charge in [-0.2, -0.15) is 0 Å². The molecule has 0 atom stereocenters. The molecule has 0 rings (SSSR count). The van der Waals surface area contributed by atoms with Gasteiger partial charge in [-0.3, -0.25) is 0 Å². The normalized spacial score (nSPS) is 10.2. The van der Waals surface area contributed by atoms with Crippen LogP contribution in [0.1, 0.15) is 6.92 Å². The number of nitrogens with one attached hydrogen (secondary N) is 1. The van der Waals surface area contributed by atoms with E-state index >= 15 is 0 Å². The van der Waals surface area contributed by atoms with E-state index in [9.17, 15) is 0 Å². The monoisotopic (exact) mass is 111 g/mol. The molecule has 0 fully saturated rings. The lowest BCUT2D eigenvalue weighted by atomic mass is 10.3. The average Bonchev–Trinajstić information content (AvgIpc) is 1.68. The Morgan fingerprint density at radius 1 is 1.75 bits per heavy atom. The summed E-state index contributed by atoms with van der Waals surface area (Å²) >= 11 is 0. The minimum Gasteiger partial charge on any atom is -0.316 e. The van der Waals surface area contributed by atoms with Gasteiger partial charge in [-0.15, -0.1) is 0 Å². The number of hydrogen-bond acceptors (Lipinski definition) is 1. The van der Waals surface area contributed by atoms with Gasteiger partial charge in [-0.1, -0.05) is 18.7 Å². The van der Waals surface area contributed by atoms with Crippen LogP contribution < -0.4 is 5.32 Å². The SMILES string of the molecule is C=C(/C=C/C)CNC. The lowest BCUT2D eigenvalue weighted by Crippen LogP contribution is -2.07. The van der Waals surface area contributed by atoms with Crippen LogP contribution >= 0.6 is 0 Å². The Balaban J connectivity index is 3.33. The van der Waals surface area contributed by atoms with Crippen molar-refractivity contribution < 1.29 is 0 Å². The van der Waals surface area contributed by atoms with Gasteiger partial charge in [0.15, 0.2) is 0 Å². The summed E-state index contributed by atoms with van der Waals surface area (Å²) in [7, 11) is 1.91. The zero-order chi connectivity index (χ0) is 6.41. The van der Waals surface area contributed by atoms with Gasteiger partial charge in [0.25, 0.3) is 0 Å². The second-order valence-electron chi connectivity index (χ2n) is 1.69. The fourth-order valence-electron chi connectivity index (χ4n) is 0.522. The highest BCUT2D eigenvalue weighted by Crippen LogP contribution is 1.87. The average molecular weight is 111 g/mol. The van der Waals surface area contributed by atoms with E-state index in [0.29, 0.717) is 0 Å². The molecule has 0 spiro atoms. The first-order chi connectivity index (χ1) is 3.81. The second kappa shape index (κ2) is 4.60. The molecule has 8 heavy (non-hydrogen) atoms. The van der Waals surface area contributed by atoms with Crippen molar-refractivity contribution in [3.8, 4) is 0 Å². The molecule has 0 aromatic rings. The van der Waals surface area contributed by atoms with Crippen molar-refractivity contribution in [2.75, 3.05) is 13.6 Å². The molecular formula is C7H13N. The van der Waals surface area contributed by atoms with Crippen molar-refractivity contribution in [3.63, 3.8) is 0 Å². The first-order valence-electron chi connectivity index (χ1n) is 2.76. The van der Waals surface area contributed by atoms with Gasteiger partial charge in [0.05, 0.1) is 0 Å². The number of likely N-dealkylation sites (N-methyl/N-ethyl adjacent to an activating group) is 1. The molecule has 0 aliphatic carbocycles. The van der Waals surface area contributed by atoms with E-state index in [1.165, 1.54) is 0 Å². The summed E-state index contributed by atoms with van der Waals surface area (Å²) in [5, 5.41) is 3.00. The van der Waals surface area contributed by atoms with Crippen LogP contribution in [-0.2, 0) is 0 Å². The zero-order valence-corrected chi connectivity index (χ0v) is 5.57. The highest BCUT2D eigenvalue weighted by atomic mass is 14.8. The molecule has 0 amide bonds. The third-order valence-electron chi connectivity index (χ3n) is 0.806. The Morgan fingerprint density at radius 3 is 2.75 bits per heavy atom. The Hall–Kier alpha value is -0.560. The molecule has 1 N–H and O–H groups in total. The Morgan fingerprint density at radius 2 is 2.38 bits per heavy atom. The van der Waals surface area contributed by atoms with Crippen molar-refractivity contribution in [3.05, 3.63) is 24.3 Å². The minimum absolute atomic E-state index is 0.879. The lowest BCUT2D eigenvalue weighted by molar-refractivity contribution is 0.898. The van der Waals surface area contributed by atoms with E-state index in [2.05, 4.69) is 11.9 Å². The van der Waals surface area contributed by atoms with Gasteiger partial charge in [-0.05, 0) is 19.5 Å². The lowest BCUT2D eigenvalue weighted by Gasteiger charge is -1.94. The molecule has 0 aliphatic rings. The fourth-order valence-corrected chi connectivity index (χ4v) is 0.522. The van der Waals surface area contributed by atoms with Crippen LogP contribution in [0.2, 0.25) is 0 Å².